The van der Waals surface area contributed by atoms with E-state index in [-0.39, 0.29) is 6.61 Å². The number of aromatic amines is 1. The zero-order valence-corrected chi connectivity index (χ0v) is 23.0. The highest BCUT2D eigenvalue weighted by molar-refractivity contribution is 9.10. The second kappa shape index (κ2) is 10.0. The lowest BCUT2D eigenvalue weighted by atomic mass is 9.79. The summed E-state index contributed by atoms with van der Waals surface area (Å²) < 4.78 is 18.0. The van der Waals surface area contributed by atoms with Gasteiger partial charge in [0.15, 0.2) is 5.92 Å². The highest BCUT2D eigenvalue weighted by atomic mass is 79.9. The number of fused-ring (bicyclic) bond motifs is 1. The van der Waals surface area contributed by atoms with E-state index in [4.69, 9.17) is 37.4 Å². The smallest absolute Gasteiger partial charge is 0.324 e. The molecule has 0 amide bonds. The molecule has 0 unspecified atom stereocenters. The van der Waals surface area contributed by atoms with E-state index < -0.39 is 29.6 Å². The van der Waals surface area contributed by atoms with Gasteiger partial charge in [0.2, 0.25) is 0 Å². The van der Waals surface area contributed by atoms with Crippen molar-refractivity contribution >= 4 is 62.0 Å². The Kier molecular flexibility index (Phi) is 6.96. The Morgan fingerprint density at radius 1 is 0.973 bits per heavy atom. The lowest BCUT2D eigenvalue weighted by Crippen LogP contribution is -2.48. The number of carbonyl (C=O) groups is 2. The summed E-state index contributed by atoms with van der Waals surface area (Å²) in [4.78, 5) is 29.8. The Labute approximate surface area is 231 Å². The Morgan fingerprint density at radius 3 is 2.43 bits per heavy atom. The van der Waals surface area contributed by atoms with Gasteiger partial charge in [0.05, 0.1) is 10.0 Å². The van der Waals surface area contributed by atoms with Crippen molar-refractivity contribution in [1.29, 1.82) is 0 Å². The fourth-order valence-corrected chi connectivity index (χ4v) is 5.26. The number of carbonyl (C=O) groups excluding carboxylic acids is 2. The molecule has 1 fully saturated rings. The summed E-state index contributed by atoms with van der Waals surface area (Å²) in [5.74, 6) is -4.17. The molecule has 5 rings (SSSR count). The monoisotopic (exact) mass is 601 g/mol. The van der Waals surface area contributed by atoms with E-state index in [9.17, 15) is 9.59 Å². The van der Waals surface area contributed by atoms with Gasteiger partial charge in [-0.1, -0.05) is 63.4 Å². The van der Waals surface area contributed by atoms with Crippen LogP contribution in [-0.2, 0) is 25.7 Å². The van der Waals surface area contributed by atoms with Crippen LogP contribution in [0.2, 0.25) is 10.0 Å². The number of rotatable bonds is 6. The zero-order valence-electron chi connectivity index (χ0n) is 19.9. The van der Waals surface area contributed by atoms with Crippen LogP contribution in [0.25, 0.3) is 10.9 Å². The van der Waals surface area contributed by atoms with Gasteiger partial charge in [-0.05, 0) is 47.5 Å². The van der Waals surface area contributed by atoms with E-state index in [0.717, 1.165) is 26.5 Å². The molecule has 6 nitrogen and oxygen atoms in total. The number of cyclic esters (lactones) is 2. The van der Waals surface area contributed by atoms with Gasteiger partial charge in [0, 0.05) is 46.9 Å². The number of nitrogens with one attached hydrogen (secondary N) is 1. The fourth-order valence-electron chi connectivity index (χ4n) is 4.56. The van der Waals surface area contributed by atoms with E-state index in [1.807, 2.05) is 42.5 Å². The van der Waals surface area contributed by atoms with Crippen molar-refractivity contribution in [1.82, 2.24) is 4.98 Å². The van der Waals surface area contributed by atoms with Crippen molar-refractivity contribution in [2.45, 2.75) is 32.2 Å². The normalized spacial score (nSPS) is 16.4. The summed E-state index contributed by atoms with van der Waals surface area (Å²) in [6.45, 7) is 3.26. The van der Waals surface area contributed by atoms with Crippen molar-refractivity contribution in [3.63, 3.8) is 0 Å². The molecule has 0 spiro atoms. The predicted molar refractivity (Wildman–Crippen MR) is 145 cm³/mol. The van der Waals surface area contributed by atoms with Gasteiger partial charge in [0.1, 0.15) is 12.4 Å². The van der Waals surface area contributed by atoms with Crippen molar-refractivity contribution in [2.24, 2.45) is 5.92 Å². The standard InChI is InChI=1S/C28H22BrCl2NO5/c1-28(2)36-26(33)25(27(34)37-28)24(19-13-32-22-6-4-3-5-17(19)22)18-12-16(29)8-10-23(18)35-14-15-7-9-20(30)21(31)11-15/h3-13,24-25,32H,14H2,1-2H3/t24-/m1/s1. The van der Waals surface area contributed by atoms with E-state index in [0.29, 0.717) is 21.4 Å². The van der Waals surface area contributed by atoms with E-state index in [1.165, 1.54) is 13.8 Å². The summed E-state index contributed by atoms with van der Waals surface area (Å²) >= 11 is 15.8. The highest BCUT2D eigenvalue weighted by Crippen LogP contribution is 2.44. The van der Waals surface area contributed by atoms with E-state index >= 15 is 0 Å². The third kappa shape index (κ3) is 5.21. The molecule has 1 aliphatic heterocycles. The minimum absolute atomic E-state index is 0.193. The molecule has 1 N–H and O–H groups in total. The maximum absolute atomic E-state index is 13.3. The average molecular weight is 603 g/mol. The minimum Gasteiger partial charge on any atom is -0.489 e. The summed E-state index contributed by atoms with van der Waals surface area (Å²) in [5, 5.41) is 1.74. The summed E-state index contributed by atoms with van der Waals surface area (Å²) in [6, 6.07) is 18.4. The third-order valence-corrected chi connectivity index (χ3v) is 7.41. The molecule has 190 valence electrons. The van der Waals surface area contributed by atoms with Gasteiger partial charge >= 0.3 is 11.9 Å². The number of benzene rings is 3. The average Bonchev–Trinajstić information content (AvgIpc) is 3.26. The first-order valence-corrected chi connectivity index (χ1v) is 13.1. The van der Waals surface area contributed by atoms with Gasteiger partial charge in [-0.25, -0.2) is 0 Å². The van der Waals surface area contributed by atoms with Gasteiger partial charge in [-0.2, -0.15) is 0 Å². The Hall–Kier alpha value is -3.00. The van der Waals surface area contributed by atoms with Crippen LogP contribution in [0.1, 0.15) is 36.5 Å². The number of aromatic nitrogens is 1. The first kappa shape index (κ1) is 25.6. The second-order valence-corrected chi connectivity index (χ2v) is 10.9. The zero-order chi connectivity index (χ0) is 26.3. The van der Waals surface area contributed by atoms with E-state index in [1.54, 1.807) is 24.4 Å². The first-order chi connectivity index (χ1) is 17.6. The van der Waals surface area contributed by atoms with Crippen LogP contribution in [-0.4, -0.2) is 22.7 Å². The number of H-pyrrole nitrogens is 1. The minimum atomic E-state index is -1.35. The van der Waals surface area contributed by atoms with Crippen molar-refractivity contribution in [3.8, 4) is 5.75 Å². The number of para-hydroxylation sites is 1. The first-order valence-electron chi connectivity index (χ1n) is 11.5. The van der Waals surface area contributed by atoms with Crippen LogP contribution in [0.3, 0.4) is 0 Å². The van der Waals surface area contributed by atoms with Crippen LogP contribution >= 0.6 is 39.1 Å². The third-order valence-electron chi connectivity index (χ3n) is 6.18. The highest BCUT2D eigenvalue weighted by Gasteiger charge is 2.49. The van der Waals surface area contributed by atoms with Crippen molar-refractivity contribution in [2.75, 3.05) is 0 Å². The molecule has 4 aromatic rings. The molecule has 0 radical (unpaired) electrons. The number of ether oxygens (including phenoxy) is 3. The quantitative estimate of drug-likeness (QED) is 0.184. The molecule has 1 aromatic heterocycles. The topological polar surface area (TPSA) is 77.6 Å². The summed E-state index contributed by atoms with van der Waals surface area (Å²) in [5.41, 5.74) is 3.04. The molecule has 1 aliphatic rings. The number of hydrogen-bond acceptors (Lipinski definition) is 5. The van der Waals surface area contributed by atoms with Crippen LogP contribution in [0.15, 0.2) is 71.3 Å². The summed E-state index contributed by atoms with van der Waals surface area (Å²) in [6.07, 6.45) is 1.80. The molecular formula is C28H22BrCl2NO5. The van der Waals surface area contributed by atoms with Crippen molar-refractivity contribution < 1.29 is 23.8 Å². The van der Waals surface area contributed by atoms with Gasteiger partial charge < -0.3 is 19.2 Å². The van der Waals surface area contributed by atoms with E-state index in [2.05, 4.69) is 20.9 Å². The number of esters is 2. The van der Waals surface area contributed by atoms with Crippen LogP contribution < -0.4 is 4.74 Å². The molecule has 0 saturated carbocycles. The molecule has 0 aliphatic carbocycles. The molecule has 9 heteroatoms. The largest absolute Gasteiger partial charge is 0.489 e. The maximum atomic E-state index is 13.3. The number of hydrogen-bond donors (Lipinski definition) is 1. The molecule has 1 atom stereocenters. The van der Waals surface area contributed by atoms with Crippen LogP contribution in [0.5, 0.6) is 5.75 Å². The van der Waals surface area contributed by atoms with Gasteiger partial charge in [-0.3, -0.25) is 9.59 Å². The Morgan fingerprint density at radius 2 is 1.70 bits per heavy atom. The lowest BCUT2D eigenvalue weighted by molar-refractivity contribution is -0.240. The molecule has 37 heavy (non-hydrogen) atoms. The molecule has 0 bridgehead atoms. The molecule has 2 heterocycles. The molecule has 1 saturated heterocycles. The Bertz CT molecular complexity index is 1500. The fraction of sp³-hybridized carbons (Fsp3) is 0.214. The summed E-state index contributed by atoms with van der Waals surface area (Å²) in [7, 11) is 0. The van der Waals surface area contributed by atoms with Crippen LogP contribution in [0.4, 0.5) is 0 Å². The number of halogens is 3. The second-order valence-electron chi connectivity index (χ2n) is 9.21. The van der Waals surface area contributed by atoms with Gasteiger partial charge in [0.25, 0.3) is 5.79 Å². The van der Waals surface area contributed by atoms with Gasteiger partial charge in [-0.15, -0.1) is 0 Å². The lowest BCUT2D eigenvalue weighted by Gasteiger charge is -2.36. The van der Waals surface area contributed by atoms with Crippen molar-refractivity contribution in [3.05, 3.63) is 98.1 Å². The molecular weight excluding hydrogens is 581 g/mol. The molecule has 3 aromatic carbocycles. The van der Waals surface area contributed by atoms with Crippen LogP contribution in [0, 0.1) is 5.92 Å². The maximum Gasteiger partial charge on any atom is 0.324 e. The predicted octanol–water partition coefficient (Wildman–Crippen LogP) is 7.40. The Balaban J connectivity index is 1.62. The SMILES string of the molecule is CC1(C)OC(=O)C([C@H](c2cc(Br)ccc2OCc2ccc(Cl)c(Cl)c2)c2c[nH]c3ccccc23)C(=O)O1.